The van der Waals surface area contributed by atoms with E-state index in [1.165, 1.54) is 6.07 Å². The number of nitro groups is 1. The molecule has 0 radical (unpaired) electrons. The predicted octanol–water partition coefficient (Wildman–Crippen LogP) is 4.81. The smallest absolute Gasteiger partial charge is 0.273 e. The molecule has 1 atom stereocenters. The summed E-state index contributed by atoms with van der Waals surface area (Å²) in [6, 6.07) is 10.7. The number of nitrogens with zero attached hydrogens (tertiary/aromatic N) is 3. The van der Waals surface area contributed by atoms with Gasteiger partial charge in [0.2, 0.25) is 0 Å². The van der Waals surface area contributed by atoms with Crippen molar-refractivity contribution in [2.75, 3.05) is 6.54 Å². The van der Waals surface area contributed by atoms with Crippen LogP contribution >= 0.6 is 0 Å². The van der Waals surface area contributed by atoms with E-state index >= 15 is 0 Å². The van der Waals surface area contributed by atoms with Gasteiger partial charge in [-0.2, -0.15) is 0 Å². The number of aromatic nitrogens is 1. The van der Waals surface area contributed by atoms with Gasteiger partial charge < -0.3 is 4.57 Å². The zero-order chi connectivity index (χ0) is 20.5. The molecule has 0 amide bonds. The molecule has 0 aliphatic carbocycles. The van der Waals surface area contributed by atoms with Gasteiger partial charge in [0.15, 0.2) is 11.6 Å². The first-order chi connectivity index (χ1) is 14.0. The second-order valence-corrected chi connectivity index (χ2v) is 7.03. The van der Waals surface area contributed by atoms with Crippen molar-refractivity contribution in [3.05, 3.63) is 99.1 Å². The number of para-hydroxylation sites is 1. The zero-order valence-corrected chi connectivity index (χ0v) is 15.4. The summed E-state index contributed by atoms with van der Waals surface area (Å²) in [6.07, 6.45) is 2.58. The minimum absolute atomic E-state index is 0.00401. The van der Waals surface area contributed by atoms with Crippen molar-refractivity contribution in [1.29, 1.82) is 0 Å². The largest absolute Gasteiger partial charge is 0.350 e. The van der Waals surface area contributed by atoms with Gasteiger partial charge in [0.25, 0.3) is 5.69 Å². The van der Waals surface area contributed by atoms with E-state index in [0.29, 0.717) is 24.7 Å². The number of hydrogen-bond acceptors (Lipinski definition) is 3. The molecule has 1 aliphatic rings. The fraction of sp³-hybridized carbons (Fsp3) is 0.238. The van der Waals surface area contributed by atoms with Crippen LogP contribution in [0.5, 0.6) is 0 Å². The first kappa shape index (κ1) is 19.2. The van der Waals surface area contributed by atoms with Crippen LogP contribution in [0.3, 0.4) is 0 Å². The molecule has 2 heterocycles. The van der Waals surface area contributed by atoms with Crippen LogP contribution in [0.4, 0.5) is 18.9 Å². The topological polar surface area (TPSA) is 51.3 Å². The highest BCUT2D eigenvalue weighted by Crippen LogP contribution is 2.36. The Morgan fingerprint density at radius 1 is 1.00 bits per heavy atom. The normalized spacial score (nSPS) is 17.0. The van der Waals surface area contributed by atoms with Crippen molar-refractivity contribution in [2.45, 2.75) is 25.6 Å². The van der Waals surface area contributed by atoms with Crippen LogP contribution in [-0.4, -0.2) is 20.9 Å². The Morgan fingerprint density at radius 3 is 2.55 bits per heavy atom. The third kappa shape index (κ3) is 3.63. The van der Waals surface area contributed by atoms with Crippen LogP contribution in [0, 0.1) is 27.6 Å². The SMILES string of the molecule is O=[N+]([O-])c1ccccc1CN1CCCn2cccc2[C@@H]1c1cc(F)c(F)cc1F. The minimum Gasteiger partial charge on any atom is -0.350 e. The van der Waals surface area contributed by atoms with E-state index in [1.54, 1.807) is 18.2 Å². The molecule has 0 spiro atoms. The number of nitro benzene ring substituents is 1. The molecule has 0 bridgehead atoms. The Bertz CT molecular complexity index is 1070. The molecule has 0 unspecified atom stereocenters. The van der Waals surface area contributed by atoms with Crippen molar-refractivity contribution < 1.29 is 18.1 Å². The Hall–Kier alpha value is -3.13. The van der Waals surface area contributed by atoms with Gasteiger partial charge in [-0.25, -0.2) is 13.2 Å². The van der Waals surface area contributed by atoms with Crippen molar-refractivity contribution in [1.82, 2.24) is 9.47 Å². The molecule has 8 heteroatoms. The number of hydrogen-bond donors (Lipinski definition) is 0. The molecule has 29 heavy (non-hydrogen) atoms. The number of fused-ring (bicyclic) bond motifs is 1. The van der Waals surface area contributed by atoms with Gasteiger partial charge in [-0.15, -0.1) is 0 Å². The molecule has 4 rings (SSSR count). The average Bonchev–Trinajstić information content (AvgIpc) is 3.07. The highest BCUT2D eigenvalue weighted by atomic mass is 19.2. The van der Waals surface area contributed by atoms with E-state index in [2.05, 4.69) is 0 Å². The predicted molar refractivity (Wildman–Crippen MR) is 101 cm³/mol. The summed E-state index contributed by atoms with van der Waals surface area (Å²) in [5.74, 6) is -3.23. The van der Waals surface area contributed by atoms with Crippen LogP contribution in [0.1, 0.15) is 29.3 Å². The van der Waals surface area contributed by atoms with Crippen LogP contribution in [-0.2, 0) is 13.1 Å². The lowest BCUT2D eigenvalue weighted by Crippen LogP contribution is -2.30. The lowest BCUT2D eigenvalue weighted by Gasteiger charge is -2.30. The fourth-order valence-electron chi connectivity index (χ4n) is 3.95. The van der Waals surface area contributed by atoms with E-state index in [1.807, 2.05) is 27.8 Å². The number of halogens is 3. The first-order valence-corrected chi connectivity index (χ1v) is 9.21. The first-order valence-electron chi connectivity index (χ1n) is 9.21. The quantitative estimate of drug-likeness (QED) is 0.358. The number of benzene rings is 2. The molecule has 0 fully saturated rings. The van der Waals surface area contributed by atoms with Gasteiger partial charge in [0.1, 0.15) is 5.82 Å². The molecular weight excluding hydrogens is 383 g/mol. The number of rotatable bonds is 4. The Morgan fingerprint density at radius 2 is 1.76 bits per heavy atom. The molecule has 3 aromatic rings. The molecule has 2 aromatic carbocycles. The summed E-state index contributed by atoms with van der Waals surface area (Å²) in [7, 11) is 0. The van der Waals surface area contributed by atoms with Crippen molar-refractivity contribution in [3.8, 4) is 0 Å². The molecule has 5 nitrogen and oxygen atoms in total. The highest BCUT2D eigenvalue weighted by molar-refractivity contribution is 5.40. The van der Waals surface area contributed by atoms with Crippen molar-refractivity contribution in [3.63, 3.8) is 0 Å². The van der Waals surface area contributed by atoms with Crippen molar-refractivity contribution in [2.24, 2.45) is 0 Å². The summed E-state index contributed by atoms with van der Waals surface area (Å²) in [6.45, 7) is 1.36. The molecule has 1 aliphatic heterocycles. The fourth-order valence-corrected chi connectivity index (χ4v) is 3.95. The Kier molecular flexibility index (Phi) is 5.10. The maximum atomic E-state index is 14.7. The third-order valence-corrected chi connectivity index (χ3v) is 5.25. The van der Waals surface area contributed by atoms with E-state index in [0.717, 1.165) is 18.2 Å². The van der Waals surface area contributed by atoms with Gasteiger partial charge in [0, 0.05) is 54.8 Å². The minimum atomic E-state index is -1.25. The maximum Gasteiger partial charge on any atom is 0.273 e. The third-order valence-electron chi connectivity index (χ3n) is 5.25. The average molecular weight is 401 g/mol. The van der Waals surface area contributed by atoms with Gasteiger partial charge >= 0.3 is 0 Å². The van der Waals surface area contributed by atoms with E-state index in [4.69, 9.17) is 0 Å². The maximum absolute atomic E-state index is 14.7. The van der Waals surface area contributed by atoms with Crippen molar-refractivity contribution >= 4 is 5.69 Å². The van der Waals surface area contributed by atoms with Gasteiger partial charge in [-0.1, -0.05) is 18.2 Å². The monoisotopic (exact) mass is 401 g/mol. The summed E-state index contributed by atoms with van der Waals surface area (Å²) >= 11 is 0. The standard InChI is InChI=1S/C21H18F3N3O2/c22-16-12-18(24)17(23)11-15(16)21-20-7-3-8-25(20)9-4-10-26(21)13-14-5-1-2-6-19(14)27(28)29/h1-3,5-8,11-12,21H,4,9-10,13H2/t21-/m0/s1. The number of aryl methyl sites for hydroxylation is 1. The van der Waals surface area contributed by atoms with Crippen LogP contribution in [0.15, 0.2) is 54.7 Å². The second-order valence-electron chi connectivity index (χ2n) is 7.03. The van der Waals surface area contributed by atoms with Crippen LogP contribution in [0.2, 0.25) is 0 Å². The van der Waals surface area contributed by atoms with E-state index in [-0.39, 0.29) is 17.8 Å². The Balaban J connectivity index is 1.82. The van der Waals surface area contributed by atoms with E-state index < -0.39 is 28.4 Å². The Labute approximate surface area is 165 Å². The molecule has 1 aromatic heterocycles. The molecule has 0 N–H and O–H groups in total. The van der Waals surface area contributed by atoms with E-state index in [9.17, 15) is 23.3 Å². The van der Waals surface area contributed by atoms with Crippen LogP contribution < -0.4 is 0 Å². The highest BCUT2D eigenvalue weighted by Gasteiger charge is 2.31. The van der Waals surface area contributed by atoms with Gasteiger partial charge in [-0.05, 0) is 24.6 Å². The lowest BCUT2D eigenvalue weighted by atomic mass is 9.99. The molecule has 150 valence electrons. The second kappa shape index (κ2) is 7.71. The summed E-state index contributed by atoms with van der Waals surface area (Å²) < 4.78 is 44.2. The summed E-state index contributed by atoms with van der Waals surface area (Å²) in [4.78, 5) is 12.8. The summed E-state index contributed by atoms with van der Waals surface area (Å²) in [5.41, 5.74) is 1.18. The zero-order valence-electron chi connectivity index (χ0n) is 15.4. The summed E-state index contributed by atoms with van der Waals surface area (Å²) in [5, 5.41) is 11.4. The van der Waals surface area contributed by atoms with Gasteiger partial charge in [-0.3, -0.25) is 15.0 Å². The lowest BCUT2D eigenvalue weighted by molar-refractivity contribution is -0.385. The van der Waals surface area contributed by atoms with Gasteiger partial charge in [0.05, 0.1) is 11.0 Å². The van der Waals surface area contributed by atoms with Crippen LogP contribution in [0.25, 0.3) is 0 Å². The molecule has 0 saturated carbocycles. The molecule has 0 saturated heterocycles. The molecular formula is C21H18F3N3O2.